The van der Waals surface area contributed by atoms with Crippen LogP contribution in [0.5, 0.6) is 11.5 Å². The van der Waals surface area contributed by atoms with Gasteiger partial charge in [-0.2, -0.15) is 0 Å². The van der Waals surface area contributed by atoms with Crippen molar-refractivity contribution >= 4 is 5.91 Å². The lowest BCUT2D eigenvalue weighted by Crippen LogP contribution is -2.25. The normalized spacial score (nSPS) is 10.5. The largest absolute Gasteiger partial charge is 0.496 e. The summed E-state index contributed by atoms with van der Waals surface area (Å²) < 4.78 is 10.8. The average Bonchev–Trinajstić information content (AvgIpc) is 2.59. The van der Waals surface area contributed by atoms with E-state index in [-0.39, 0.29) is 12.0 Å². The molecule has 4 heteroatoms. The molecule has 0 radical (unpaired) electrons. The van der Waals surface area contributed by atoms with Gasteiger partial charge in [0.25, 0.3) is 5.91 Å². The van der Waals surface area contributed by atoms with E-state index in [0.29, 0.717) is 17.9 Å². The van der Waals surface area contributed by atoms with Crippen molar-refractivity contribution in [1.29, 1.82) is 0 Å². The predicted octanol–water partition coefficient (Wildman–Crippen LogP) is 3.85. The summed E-state index contributed by atoms with van der Waals surface area (Å²) in [5.74, 6) is 1.38. The summed E-state index contributed by atoms with van der Waals surface area (Å²) in [5, 5.41) is 2.94. The molecule has 0 aliphatic carbocycles. The number of para-hydroxylation sites is 1. The number of carbonyl (C=O) groups excluding carboxylic acids is 1. The second-order valence-electron chi connectivity index (χ2n) is 5.87. The van der Waals surface area contributed by atoms with Crippen LogP contribution in [0.15, 0.2) is 48.5 Å². The number of nitrogens with one attached hydrogen (secondary N) is 1. The lowest BCUT2D eigenvalue weighted by Gasteiger charge is -2.10. The zero-order valence-electron chi connectivity index (χ0n) is 14.5. The minimum atomic E-state index is -0.104. The van der Waals surface area contributed by atoms with Crippen LogP contribution in [-0.2, 0) is 6.42 Å². The molecule has 0 saturated heterocycles. The Bertz CT molecular complexity index is 650. The van der Waals surface area contributed by atoms with Crippen molar-refractivity contribution in [2.24, 2.45) is 0 Å². The molecular formula is C20H25NO3. The van der Waals surface area contributed by atoms with E-state index < -0.39 is 0 Å². The van der Waals surface area contributed by atoms with Crippen molar-refractivity contribution in [2.45, 2.75) is 32.8 Å². The lowest BCUT2D eigenvalue weighted by molar-refractivity contribution is 0.0950. The van der Waals surface area contributed by atoms with Gasteiger partial charge in [0.2, 0.25) is 0 Å². The van der Waals surface area contributed by atoms with Crippen LogP contribution in [0.1, 0.15) is 36.2 Å². The predicted molar refractivity (Wildman–Crippen MR) is 95.9 cm³/mol. The van der Waals surface area contributed by atoms with Crippen molar-refractivity contribution in [1.82, 2.24) is 5.32 Å². The van der Waals surface area contributed by atoms with Crippen LogP contribution in [0.2, 0.25) is 0 Å². The van der Waals surface area contributed by atoms with Gasteiger partial charge < -0.3 is 14.8 Å². The Hall–Kier alpha value is -2.49. The van der Waals surface area contributed by atoms with E-state index >= 15 is 0 Å². The molecule has 128 valence electrons. The number of benzene rings is 2. The van der Waals surface area contributed by atoms with Crippen LogP contribution in [-0.4, -0.2) is 25.7 Å². The van der Waals surface area contributed by atoms with Gasteiger partial charge in [-0.3, -0.25) is 4.79 Å². The first-order valence-electron chi connectivity index (χ1n) is 8.27. The molecule has 0 saturated carbocycles. The molecule has 24 heavy (non-hydrogen) atoms. The van der Waals surface area contributed by atoms with Crippen molar-refractivity contribution in [2.75, 3.05) is 13.7 Å². The van der Waals surface area contributed by atoms with Gasteiger partial charge >= 0.3 is 0 Å². The third-order valence-electron chi connectivity index (χ3n) is 3.57. The molecule has 0 atom stereocenters. The molecule has 4 nitrogen and oxygen atoms in total. The first-order valence-corrected chi connectivity index (χ1v) is 8.27. The highest BCUT2D eigenvalue weighted by Gasteiger charge is 2.10. The maximum Gasteiger partial charge on any atom is 0.255 e. The molecule has 0 unspecified atom stereocenters. The number of methoxy groups -OCH3 is 1. The fourth-order valence-electron chi connectivity index (χ4n) is 2.43. The molecule has 2 aromatic rings. The summed E-state index contributed by atoms with van der Waals surface area (Å²) in [5.41, 5.74) is 1.80. The molecule has 1 N–H and O–H groups in total. The van der Waals surface area contributed by atoms with Crippen LogP contribution in [0, 0.1) is 0 Å². The van der Waals surface area contributed by atoms with Crippen LogP contribution in [0.4, 0.5) is 0 Å². The van der Waals surface area contributed by atoms with E-state index in [1.54, 1.807) is 19.2 Å². The van der Waals surface area contributed by atoms with Crippen molar-refractivity contribution in [3.8, 4) is 11.5 Å². The maximum absolute atomic E-state index is 12.2. The van der Waals surface area contributed by atoms with Crippen molar-refractivity contribution in [3.63, 3.8) is 0 Å². The van der Waals surface area contributed by atoms with Gasteiger partial charge in [0.05, 0.1) is 18.8 Å². The zero-order chi connectivity index (χ0) is 17.4. The molecule has 0 bridgehead atoms. The maximum atomic E-state index is 12.2. The van der Waals surface area contributed by atoms with E-state index in [1.807, 2.05) is 38.1 Å². The second kappa shape index (κ2) is 8.96. The lowest BCUT2D eigenvalue weighted by atomic mass is 10.1. The molecule has 2 aromatic carbocycles. The van der Waals surface area contributed by atoms with Gasteiger partial charge in [0, 0.05) is 6.54 Å². The van der Waals surface area contributed by atoms with Crippen LogP contribution in [0.3, 0.4) is 0 Å². The van der Waals surface area contributed by atoms with Gasteiger partial charge in [0.1, 0.15) is 11.5 Å². The minimum Gasteiger partial charge on any atom is -0.496 e. The summed E-state index contributed by atoms with van der Waals surface area (Å²) >= 11 is 0. The molecule has 2 rings (SSSR count). The number of hydrogen-bond acceptors (Lipinski definition) is 3. The first kappa shape index (κ1) is 17.9. The first-order chi connectivity index (χ1) is 11.6. The second-order valence-corrected chi connectivity index (χ2v) is 5.87. The fraction of sp³-hybridized carbons (Fsp3) is 0.350. The monoisotopic (exact) mass is 327 g/mol. The number of rotatable bonds is 8. The van der Waals surface area contributed by atoms with E-state index in [1.165, 1.54) is 5.56 Å². The Morgan fingerprint density at radius 2 is 1.79 bits per heavy atom. The molecule has 0 aliphatic heterocycles. The summed E-state index contributed by atoms with van der Waals surface area (Å²) in [7, 11) is 1.57. The Morgan fingerprint density at radius 3 is 2.46 bits per heavy atom. The Balaban J connectivity index is 1.77. The zero-order valence-corrected chi connectivity index (χ0v) is 14.5. The Kier molecular flexibility index (Phi) is 6.67. The third-order valence-corrected chi connectivity index (χ3v) is 3.57. The van der Waals surface area contributed by atoms with Gasteiger partial charge in [-0.15, -0.1) is 0 Å². The minimum absolute atomic E-state index is 0.104. The average molecular weight is 327 g/mol. The highest BCUT2D eigenvalue weighted by atomic mass is 16.5. The molecule has 0 spiro atoms. The molecule has 0 fully saturated rings. The molecule has 0 heterocycles. The van der Waals surface area contributed by atoms with Crippen LogP contribution in [0.25, 0.3) is 0 Å². The number of ether oxygens (including phenoxy) is 2. The van der Waals surface area contributed by atoms with Crippen LogP contribution >= 0.6 is 0 Å². The molecular weight excluding hydrogens is 302 g/mol. The van der Waals surface area contributed by atoms with Crippen molar-refractivity contribution in [3.05, 3.63) is 59.7 Å². The molecule has 0 aromatic heterocycles. The number of aryl methyl sites for hydroxylation is 1. The summed E-state index contributed by atoms with van der Waals surface area (Å²) in [4.78, 5) is 12.2. The number of hydrogen-bond donors (Lipinski definition) is 1. The number of carbonyl (C=O) groups is 1. The van der Waals surface area contributed by atoms with E-state index in [9.17, 15) is 4.79 Å². The number of amides is 1. The highest BCUT2D eigenvalue weighted by molar-refractivity contribution is 5.96. The van der Waals surface area contributed by atoms with E-state index in [0.717, 1.165) is 18.6 Å². The SMILES string of the molecule is COc1ccccc1C(=O)NCCCc1ccc(OC(C)C)cc1. The summed E-state index contributed by atoms with van der Waals surface area (Å²) in [6.45, 7) is 4.65. The Labute approximate surface area is 143 Å². The van der Waals surface area contributed by atoms with Crippen LogP contribution < -0.4 is 14.8 Å². The van der Waals surface area contributed by atoms with E-state index in [2.05, 4.69) is 17.4 Å². The van der Waals surface area contributed by atoms with Crippen molar-refractivity contribution < 1.29 is 14.3 Å². The molecule has 1 amide bonds. The fourth-order valence-corrected chi connectivity index (χ4v) is 2.43. The van der Waals surface area contributed by atoms with Gasteiger partial charge in [0.15, 0.2) is 0 Å². The molecule has 0 aliphatic rings. The Morgan fingerprint density at radius 1 is 1.08 bits per heavy atom. The third kappa shape index (κ3) is 5.30. The quantitative estimate of drug-likeness (QED) is 0.749. The standard InChI is InChI=1S/C20H25NO3/c1-15(2)24-17-12-10-16(11-13-17)7-6-14-21-20(22)18-8-4-5-9-19(18)23-3/h4-5,8-13,15H,6-7,14H2,1-3H3,(H,21,22). The summed E-state index contributed by atoms with van der Waals surface area (Å²) in [6.07, 6.45) is 1.97. The highest BCUT2D eigenvalue weighted by Crippen LogP contribution is 2.17. The van der Waals surface area contributed by atoms with E-state index in [4.69, 9.17) is 9.47 Å². The van der Waals surface area contributed by atoms with Gasteiger partial charge in [-0.1, -0.05) is 24.3 Å². The summed E-state index contributed by atoms with van der Waals surface area (Å²) in [6, 6.07) is 15.4. The topological polar surface area (TPSA) is 47.6 Å². The smallest absolute Gasteiger partial charge is 0.255 e. The van der Waals surface area contributed by atoms with Gasteiger partial charge in [-0.25, -0.2) is 0 Å². The van der Waals surface area contributed by atoms with Gasteiger partial charge in [-0.05, 0) is 56.5 Å².